The second-order valence-electron chi connectivity index (χ2n) is 9.55. The third-order valence-corrected chi connectivity index (χ3v) is 7.09. The zero-order valence-corrected chi connectivity index (χ0v) is 18.8. The van der Waals surface area contributed by atoms with Crippen molar-refractivity contribution >= 4 is 35.1 Å². The summed E-state index contributed by atoms with van der Waals surface area (Å²) in [4.78, 5) is 28.6. The lowest BCUT2D eigenvalue weighted by Crippen LogP contribution is -2.63. The lowest BCUT2D eigenvalue weighted by molar-refractivity contribution is -0.0452. The Morgan fingerprint density at radius 1 is 1.07 bits per heavy atom. The van der Waals surface area contributed by atoms with Gasteiger partial charge in [0.15, 0.2) is 5.78 Å². The molecule has 2 heterocycles. The Morgan fingerprint density at radius 2 is 1.75 bits per heavy atom. The van der Waals surface area contributed by atoms with E-state index in [1.165, 1.54) is 0 Å². The van der Waals surface area contributed by atoms with Gasteiger partial charge in [0, 0.05) is 11.6 Å². The van der Waals surface area contributed by atoms with Crippen molar-refractivity contribution in [2.75, 3.05) is 0 Å². The molecule has 2 fully saturated rings. The highest BCUT2D eigenvalue weighted by Gasteiger charge is 2.61. The molecule has 28 heavy (non-hydrogen) atoms. The third kappa shape index (κ3) is 3.54. The first kappa shape index (κ1) is 21.4. The molecule has 0 saturated carbocycles. The van der Waals surface area contributed by atoms with Gasteiger partial charge in [0.2, 0.25) is 0 Å². The van der Waals surface area contributed by atoms with Crippen LogP contribution in [0.25, 0.3) is 0 Å². The molecule has 0 radical (unpaired) electrons. The van der Waals surface area contributed by atoms with Crippen molar-refractivity contribution in [3.05, 3.63) is 33.8 Å². The van der Waals surface area contributed by atoms with E-state index in [4.69, 9.17) is 27.9 Å². The highest BCUT2D eigenvalue weighted by molar-refractivity contribution is 6.42. The van der Waals surface area contributed by atoms with Crippen molar-refractivity contribution in [1.29, 1.82) is 0 Å². The van der Waals surface area contributed by atoms with Crippen LogP contribution in [-0.2, 0) is 4.74 Å². The Labute approximate surface area is 177 Å². The highest BCUT2D eigenvalue weighted by atomic mass is 35.5. The minimum absolute atomic E-state index is 0.0258. The van der Waals surface area contributed by atoms with E-state index in [-0.39, 0.29) is 17.9 Å². The summed E-state index contributed by atoms with van der Waals surface area (Å²) in [6, 6.07) is 5.11. The van der Waals surface area contributed by atoms with Crippen molar-refractivity contribution in [3.8, 4) is 0 Å². The van der Waals surface area contributed by atoms with Crippen LogP contribution >= 0.6 is 23.2 Å². The fraction of sp³-hybridized carbons (Fsp3) is 0.636. The first-order valence-electron chi connectivity index (χ1n) is 9.91. The molecular formula is C22H29Cl2NO3. The van der Waals surface area contributed by atoms with Crippen LogP contribution in [0.4, 0.5) is 4.79 Å². The summed E-state index contributed by atoms with van der Waals surface area (Å²) in [5, 5.41) is 0.779. The van der Waals surface area contributed by atoms with E-state index in [0.717, 1.165) is 32.1 Å². The Hall–Kier alpha value is -1.26. The summed E-state index contributed by atoms with van der Waals surface area (Å²) < 4.78 is 5.74. The molecule has 1 aromatic carbocycles. The van der Waals surface area contributed by atoms with E-state index in [2.05, 4.69) is 0 Å². The van der Waals surface area contributed by atoms with Crippen LogP contribution in [-0.4, -0.2) is 34.0 Å². The zero-order chi connectivity index (χ0) is 20.9. The number of ketones is 1. The monoisotopic (exact) mass is 425 g/mol. The molecule has 2 aliphatic heterocycles. The molecular weight excluding hydrogens is 397 g/mol. The standard InChI is InChI=1S/C22H29Cl2NO3/c1-20(2,3)28-19(27)25-15-7-6-11-22(25,12-10-15)21(4,5)18(26)14-8-9-16(23)17(24)13-14/h8-9,13,15H,6-7,10-12H2,1-5H3. The van der Waals surface area contributed by atoms with Crippen molar-refractivity contribution in [3.63, 3.8) is 0 Å². The van der Waals surface area contributed by atoms with Crippen molar-refractivity contribution in [2.45, 2.75) is 83.9 Å². The average molecular weight is 426 g/mol. The van der Waals surface area contributed by atoms with E-state index >= 15 is 0 Å². The van der Waals surface area contributed by atoms with E-state index in [9.17, 15) is 9.59 Å². The van der Waals surface area contributed by atoms with Crippen molar-refractivity contribution in [1.82, 2.24) is 4.90 Å². The van der Waals surface area contributed by atoms with Gasteiger partial charge in [0.05, 0.1) is 21.0 Å². The number of hydrogen-bond acceptors (Lipinski definition) is 3. The fourth-order valence-corrected chi connectivity index (χ4v) is 5.22. The van der Waals surface area contributed by atoms with Crippen molar-refractivity contribution in [2.24, 2.45) is 5.41 Å². The topological polar surface area (TPSA) is 46.6 Å². The van der Waals surface area contributed by atoms with Crippen LogP contribution < -0.4 is 0 Å². The van der Waals surface area contributed by atoms with Gasteiger partial charge >= 0.3 is 6.09 Å². The molecule has 2 atom stereocenters. The number of fused-ring (bicyclic) bond motifs is 2. The van der Waals surface area contributed by atoms with Gasteiger partial charge in [-0.25, -0.2) is 4.79 Å². The second kappa shape index (κ2) is 7.21. The molecule has 0 aliphatic carbocycles. The number of carbonyl (C=O) groups is 2. The SMILES string of the molecule is CC(C)(C)OC(=O)N1C2CCCC1(C(C)(C)C(=O)c1ccc(Cl)c(Cl)c1)CC2. The quantitative estimate of drug-likeness (QED) is 0.517. The molecule has 1 aromatic rings. The minimum atomic E-state index is -0.782. The Morgan fingerprint density at radius 3 is 2.36 bits per heavy atom. The van der Waals surface area contributed by atoms with E-state index in [0.29, 0.717) is 15.6 Å². The molecule has 2 aliphatic rings. The summed E-state index contributed by atoms with van der Waals surface area (Å²) in [5.74, 6) is -0.0258. The van der Waals surface area contributed by atoms with Gasteiger partial charge in [-0.05, 0) is 71.1 Å². The molecule has 2 bridgehead atoms. The van der Waals surface area contributed by atoms with Gasteiger partial charge in [-0.2, -0.15) is 0 Å². The van der Waals surface area contributed by atoms with Crippen LogP contribution in [0.3, 0.4) is 0 Å². The largest absolute Gasteiger partial charge is 0.444 e. The van der Waals surface area contributed by atoms with Crippen LogP contribution in [0.15, 0.2) is 18.2 Å². The normalized spacial score (nSPS) is 25.0. The number of benzene rings is 1. The highest BCUT2D eigenvalue weighted by Crippen LogP contribution is 2.55. The third-order valence-electron chi connectivity index (χ3n) is 6.35. The Balaban J connectivity index is 2.00. The zero-order valence-electron chi connectivity index (χ0n) is 17.3. The van der Waals surface area contributed by atoms with Crippen LogP contribution in [0.1, 0.15) is 77.1 Å². The maximum atomic E-state index is 13.6. The maximum absolute atomic E-state index is 13.6. The second-order valence-corrected chi connectivity index (χ2v) is 10.4. The Kier molecular flexibility index (Phi) is 5.52. The van der Waals surface area contributed by atoms with Gasteiger partial charge in [-0.3, -0.25) is 9.69 Å². The van der Waals surface area contributed by atoms with Crippen molar-refractivity contribution < 1.29 is 14.3 Å². The van der Waals surface area contributed by atoms with Gasteiger partial charge < -0.3 is 4.74 Å². The number of halogens is 2. The number of amides is 1. The lowest BCUT2D eigenvalue weighted by atomic mass is 9.64. The molecule has 0 aromatic heterocycles. The van der Waals surface area contributed by atoms with Crippen LogP contribution in [0, 0.1) is 5.41 Å². The number of nitrogens with zero attached hydrogens (tertiary/aromatic N) is 1. The molecule has 4 nitrogen and oxygen atoms in total. The summed E-state index contributed by atoms with van der Waals surface area (Å²) >= 11 is 12.2. The van der Waals surface area contributed by atoms with Gasteiger partial charge in [0.25, 0.3) is 0 Å². The molecule has 154 valence electrons. The van der Waals surface area contributed by atoms with E-state index in [1.807, 2.05) is 39.5 Å². The number of piperidine rings is 1. The minimum Gasteiger partial charge on any atom is -0.444 e. The summed E-state index contributed by atoms with van der Waals surface area (Å²) in [6.07, 6.45) is 4.14. The predicted octanol–water partition coefficient (Wildman–Crippen LogP) is 6.52. The lowest BCUT2D eigenvalue weighted by Gasteiger charge is -2.52. The van der Waals surface area contributed by atoms with Gasteiger partial charge in [0.1, 0.15) is 5.60 Å². The molecule has 3 rings (SSSR count). The number of carbonyl (C=O) groups excluding carboxylic acids is 2. The maximum Gasteiger partial charge on any atom is 0.411 e. The van der Waals surface area contributed by atoms with Crippen LogP contribution in [0.2, 0.25) is 10.0 Å². The van der Waals surface area contributed by atoms with Gasteiger partial charge in [-0.15, -0.1) is 0 Å². The molecule has 2 unspecified atom stereocenters. The Bertz CT molecular complexity index is 795. The number of rotatable bonds is 3. The van der Waals surface area contributed by atoms with Gasteiger partial charge in [-0.1, -0.05) is 37.0 Å². The van der Waals surface area contributed by atoms with E-state index in [1.54, 1.807) is 18.2 Å². The van der Waals surface area contributed by atoms with Crippen LogP contribution in [0.5, 0.6) is 0 Å². The molecule has 6 heteroatoms. The number of ether oxygens (including phenoxy) is 1. The smallest absolute Gasteiger partial charge is 0.411 e. The first-order valence-corrected chi connectivity index (χ1v) is 10.7. The molecule has 0 spiro atoms. The molecule has 0 N–H and O–H groups in total. The molecule has 2 saturated heterocycles. The average Bonchev–Trinajstić information content (AvgIpc) is 2.83. The summed E-state index contributed by atoms with van der Waals surface area (Å²) in [6.45, 7) is 9.51. The number of hydrogen-bond donors (Lipinski definition) is 0. The van der Waals surface area contributed by atoms with E-state index < -0.39 is 16.6 Å². The first-order chi connectivity index (χ1) is 12.9. The summed E-state index contributed by atoms with van der Waals surface area (Å²) in [5.41, 5.74) is -1.39. The predicted molar refractivity (Wildman–Crippen MR) is 112 cm³/mol. The summed E-state index contributed by atoms with van der Waals surface area (Å²) in [7, 11) is 0. The fourth-order valence-electron chi connectivity index (χ4n) is 4.92. The molecule has 1 amide bonds. The number of Topliss-reactive ketones (excluding diaryl/α,β-unsaturated/α-hetero) is 1.